The molecular weight excluding hydrogens is 324 g/mol. The lowest BCUT2D eigenvalue weighted by molar-refractivity contribution is 0.637. The van der Waals surface area contributed by atoms with Gasteiger partial charge in [-0.25, -0.2) is 9.67 Å². The smallest absolute Gasteiger partial charge is 0.258 e. The van der Waals surface area contributed by atoms with Crippen LogP contribution in [0.15, 0.2) is 39.9 Å². The molecule has 0 spiro atoms. The summed E-state index contributed by atoms with van der Waals surface area (Å²) < 4.78 is 3.92. The first-order chi connectivity index (χ1) is 9.65. The number of nitrogens with two attached hydrogens (primary N) is 1. The van der Waals surface area contributed by atoms with Crippen molar-refractivity contribution >= 4 is 21.6 Å². The second-order valence-electron chi connectivity index (χ2n) is 4.27. The molecule has 3 aromatic heterocycles. The molecule has 102 valence electrons. The predicted octanol–water partition coefficient (Wildman–Crippen LogP) is 0.555. The number of pyridine rings is 1. The minimum absolute atomic E-state index is 0.134. The summed E-state index contributed by atoms with van der Waals surface area (Å²) in [4.78, 5) is 16.5. The number of nitrogens with zero attached hydrogens (tertiary/aromatic N) is 5. The van der Waals surface area contributed by atoms with E-state index in [9.17, 15) is 4.79 Å². The van der Waals surface area contributed by atoms with Gasteiger partial charge in [0.05, 0.1) is 24.1 Å². The van der Waals surface area contributed by atoms with Gasteiger partial charge in [-0.3, -0.25) is 9.20 Å². The average molecular weight is 335 g/mol. The first-order valence-electron chi connectivity index (χ1n) is 5.92. The van der Waals surface area contributed by atoms with Gasteiger partial charge in [0.2, 0.25) is 0 Å². The Morgan fingerprint density at radius 3 is 2.85 bits per heavy atom. The van der Waals surface area contributed by atoms with Crippen molar-refractivity contribution in [3.8, 4) is 0 Å². The van der Waals surface area contributed by atoms with Crippen LogP contribution < -0.4 is 11.3 Å². The Labute approximate surface area is 122 Å². The van der Waals surface area contributed by atoms with Crippen LogP contribution in [0.3, 0.4) is 0 Å². The van der Waals surface area contributed by atoms with Crippen molar-refractivity contribution in [1.29, 1.82) is 0 Å². The summed E-state index contributed by atoms with van der Waals surface area (Å²) in [6, 6.07) is 5.11. The van der Waals surface area contributed by atoms with Gasteiger partial charge < -0.3 is 5.73 Å². The topological polar surface area (TPSA) is 91.1 Å². The summed E-state index contributed by atoms with van der Waals surface area (Å²) in [7, 11) is 0. The van der Waals surface area contributed by atoms with Gasteiger partial charge in [0, 0.05) is 23.3 Å². The van der Waals surface area contributed by atoms with Crippen LogP contribution in [0, 0.1) is 0 Å². The summed E-state index contributed by atoms with van der Waals surface area (Å²) in [6.07, 6.45) is 3.43. The fraction of sp³-hybridized carbons (Fsp3) is 0.167. The van der Waals surface area contributed by atoms with E-state index in [4.69, 9.17) is 5.73 Å². The molecule has 3 aromatic rings. The zero-order valence-corrected chi connectivity index (χ0v) is 12.0. The fourth-order valence-corrected chi connectivity index (χ4v) is 2.22. The minimum atomic E-state index is -0.134. The molecule has 0 aliphatic carbocycles. The molecule has 0 aliphatic heterocycles. The van der Waals surface area contributed by atoms with Crippen molar-refractivity contribution in [3.63, 3.8) is 0 Å². The van der Waals surface area contributed by atoms with Crippen molar-refractivity contribution < 1.29 is 0 Å². The van der Waals surface area contributed by atoms with Crippen molar-refractivity contribution in [3.05, 3.63) is 56.8 Å². The predicted molar refractivity (Wildman–Crippen MR) is 76.2 cm³/mol. The zero-order chi connectivity index (χ0) is 14.1. The summed E-state index contributed by atoms with van der Waals surface area (Å²) in [5, 5.41) is 7.83. The van der Waals surface area contributed by atoms with Crippen molar-refractivity contribution in [1.82, 2.24) is 24.4 Å². The third-order valence-corrected chi connectivity index (χ3v) is 3.26. The normalized spacial score (nSPS) is 11.1. The lowest BCUT2D eigenvalue weighted by atomic mass is 10.3. The minimum Gasteiger partial charge on any atom is -0.325 e. The summed E-state index contributed by atoms with van der Waals surface area (Å²) in [6.45, 7) is 0.719. The van der Waals surface area contributed by atoms with E-state index in [1.165, 1.54) is 10.5 Å². The maximum Gasteiger partial charge on any atom is 0.258 e. The maximum atomic E-state index is 12.0. The van der Waals surface area contributed by atoms with Gasteiger partial charge in [-0.15, -0.1) is 5.10 Å². The number of hydrogen-bond acceptors (Lipinski definition) is 5. The van der Waals surface area contributed by atoms with Gasteiger partial charge in [-0.05, 0) is 28.1 Å². The van der Waals surface area contributed by atoms with Crippen LogP contribution >= 0.6 is 15.9 Å². The van der Waals surface area contributed by atoms with E-state index in [1.807, 2.05) is 6.07 Å². The highest BCUT2D eigenvalue weighted by Crippen LogP contribution is 2.09. The molecule has 3 rings (SSSR count). The Morgan fingerprint density at radius 1 is 1.25 bits per heavy atom. The summed E-state index contributed by atoms with van der Waals surface area (Å²) in [5.41, 5.74) is 7.27. The van der Waals surface area contributed by atoms with Gasteiger partial charge in [0.25, 0.3) is 5.56 Å². The molecule has 0 aromatic carbocycles. The zero-order valence-electron chi connectivity index (χ0n) is 10.4. The van der Waals surface area contributed by atoms with E-state index in [0.29, 0.717) is 30.1 Å². The second kappa shape index (κ2) is 5.14. The fourth-order valence-electron chi connectivity index (χ4n) is 1.88. The Kier molecular flexibility index (Phi) is 3.33. The number of aromatic nitrogens is 5. The van der Waals surface area contributed by atoms with E-state index in [-0.39, 0.29) is 5.56 Å². The number of hydrogen-bond donors (Lipinski definition) is 1. The first kappa shape index (κ1) is 12.9. The number of halogens is 1. The van der Waals surface area contributed by atoms with E-state index in [1.54, 1.807) is 23.1 Å². The Morgan fingerprint density at radius 2 is 2.10 bits per heavy atom. The van der Waals surface area contributed by atoms with Crippen molar-refractivity contribution in [2.75, 3.05) is 0 Å². The monoisotopic (exact) mass is 334 g/mol. The van der Waals surface area contributed by atoms with E-state index in [2.05, 4.69) is 31.2 Å². The third-order valence-electron chi connectivity index (χ3n) is 2.80. The Balaban J connectivity index is 2.00. The number of rotatable bonds is 3. The molecule has 0 fully saturated rings. The molecule has 0 aliphatic rings. The Bertz CT molecular complexity index is 824. The molecule has 0 saturated heterocycles. The van der Waals surface area contributed by atoms with Gasteiger partial charge in [0.1, 0.15) is 5.65 Å². The second-order valence-corrected chi connectivity index (χ2v) is 5.19. The van der Waals surface area contributed by atoms with E-state index < -0.39 is 0 Å². The molecular formula is C12H11BrN6O. The molecule has 0 atom stereocenters. The van der Waals surface area contributed by atoms with Gasteiger partial charge in [-0.2, -0.15) is 0 Å². The standard InChI is InChI=1S/C12H11BrN6O/c13-8-1-2-11-15-9(3-12(20)19(11)5-8)6-18-7-10(4-14)16-17-18/h1-3,5,7H,4,6,14H2. The van der Waals surface area contributed by atoms with Crippen LogP contribution in [0.1, 0.15) is 11.4 Å². The van der Waals surface area contributed by atoms with Crippen molar-refractivity contribution in [2.45, 2.75) is 13.1 Å². The molecule has 8 heteroatoms. The van der Waals surface area contributed by atoms with Crippen molar-refractivity contribution in [2.24, 2.45) is 5.73 Å². The van der Waals surface area contributed by atoms with Crippen LogP contribution in [-0.2, 0) is 13.1 Å². The lowest BCUT2D eigenvalue weighted by Crippen LogP contribution is -2.16. The molecule has 20 heavy (non-hydrogen) atoms. The molecule has 0 unspecified atom stereocenters. The van der Waals surface area contributed by atoms with Crippen LogP contribution in [0.2, 0.25) is 0 Å². The molecule has 0 amide bonds. The quantitative estimate of drug-likeness (QED) is 0.755. The molecule has 0 bridgehead atoms. The maximum absolute atomic E-state index is 12.0. The van der Waals surface area contributed by atoms with Gasteiger partial charge in [0.15, 0.2) is 0 Å². The van der Waals surface area contributed by atoms with Crippen LogP contribution in [0.25, 0.3) is 5.65 Å². The highest BCUT2D eigenvalue weighted by molar-refractivity contribution is 9.10. The molecule has 2 N–H and O–H groups in total. The molecule has 0 saturated carbocycles. The largest absolute Gasteiger partial charge is 0.325 e. The lowest BCUT2D eigenvalue weighted by Gasteiger charge is -2.04. The SMILES string of the molecule is NCc1cn(Cc2cc(=O)n3cc(Br)ccc3n2)nn1. The van der Waals surface area contributed by atoms with E-state index >= 15 is 0 Å². The highest BCUT2D eigenvalue weighted by atomic mass is 79.9. The van der Waals surface area contributed by atoms with Gasteiger partial charge in [-0.1, -0.05) is 5.21 Å². The molecule has 0 radical (unpaired) electrons. The van der Waals surface area contributed by atoms with Crippen LogP contribution in [0.5, 0.6) is 0 Å². The first-order valence-corrected chi connectivity index (χ1v) is 6.72. The van der Waals surface area contributed by atoms with Crippen LogP contribution in [0.4, 0.5) is 0 Å². The summed E-state index contributed by atoms with van der Waals surface area (Å²) >= 11 is 3.33. The molecule has 3 heterocycles. The number of fused-ring (bicyclic) bond motifs is 1. The third kappa shape index (κ3) is 2.47. The van der Waals surface area contributed by atoms with Crippen LogP contribution in [-0.4, -0.2) is 24.4 Å². The average Bonchev–Trinajstić information content (AvgIpc) is 2.87. The Hall–Kier alpha value is -2.06. The summed E-state index contributed by atoms with van der Waals surface area (Å²) in [5.74, 6) is 0. The van der Waals surface area contributed by atoms with E-state index in [0.717, 1.165) is 4.47 Å². The highest BCUT2D eigenvalue weighted by Gasteiger charge is 2.05. The molecule has 7 nitrogen and oxygen atoms in total. The van der Waals surface area contributed by atoms with Gasteiger partial charge >= 0.3 is 0 Å².